The predicted molar refractivity (Wildman–Crippen MR) is 98.6 cm³/mol. The third-order valence-electron chi connectivity index (χ3n) is 4.12. The highest BCUT2D eigenvalue weighted by atomic mass is 35.5. The minimum Gasteiger partial charge on any atom is -0.323 e. The van der Waals surface area contributed by atoms with E-state index in [1.807, 2.05) is 19.1 Å². The van der Waals surface area contributed by atoms with Crippen molar-refractivity contribution in [3.63, 3.8) is 0 Å². The second kappa shape index (κ2) is 7.11. The van der Waals surface area contributed by atoms with Gasteiger partial charge in [-0.15, -0.1) is 0 Å². The quantitative estimate of drug-likeness (QED) is 0.854. The van der Waals surface area contributed by atoms with Crippen LogP contribution in [0.2, 0.25) is 5.15 Å². The van der Waals surface area contributed by atoms with E-state index in [4.69, 9.17) is 11.6 Å². The Hall–Kier alpha value is -2.60. The molecule has 1 aromatic heterocycles. The van der Waals surface area contributed by atoms with Gasteiger partial charge in [-0.1, -0.05) is 11.6 Å². The van der Waals surface area contributed by atoms with Crippen molar-refractivity contribution in [2.75, 3.05) is 16.8 Å². The van der Waals surface area contributed by atoms with Gasteiger partial charge in [0, 0.05) is 43.0 Å². The summed E-state index contributed by atoms with van der Waals surface area (Å²) >= 11 is 6.13. The number of anilines is 2. The fourth-order valence-electron chi connectivity index (χ4n) is 2.82. The molecule has 25 heavy (non-hydrogen) atoms. The molecule has 1 aliphatic heterocycles. The lowest BCUT2D eigenvalue weighted by Crippen LogP contribution is -2.23. The summed E-state index contributed by atoms with van der Waals surface area (Å²) < 4.78 is 1.56. The van der Waals surface area contributed by atoms with Crippen molar-refractivity contribution >= 4 is 40.9 Å². The summed E-state index contributed by atoms with van der Waals surface area (Å²) in [7, 11) is 1.75. The highest BCUT2D eigenvalue weighted by Crippen LogP contribution is 2.23. The van der Waals surface area contributed by atoms with Gasteiger partial charge in [0.05, 0.1) is 5.69 Å². The van der Waals surface area contributed by atoms with E-state index in [9.17, 15) is 9.59 Å². The maximum Gasteiger partial charge on any atom is 0.248 e. The number of aromatic nitrogens is 2. The molecule has 0 radical (unpaired) electrons. The van der Waals surface area contributed by atoms with Crippen LogP contribution in [-0.4, -0.2) is 28.1 Å². The van der Waals surface area contributed by atoms with Gasteiger partial charge in [-0.25, -0.2) is 0 Å². The van der Waals surface area contributed by atoms with Crippen LogP contribution in [-0.2, 0) is 16.6 Å². The molecular weight excluding hydrogens is 340 g/mol. The molecule has 1 aliphatic rings. The summed E-state index contributed by atoms with van der Waals surface area (Å²) in [6.45, 7) is 2.58. The average Bonchev–Trinajstić information content (AvgIpc) is 3.10. The van der Waals surface area contributed by atoms with Gasteiger partial charge >= 0.3 is 0 Å². The van der Waals surface area contributed by atoms with Crippen molar-refractivity contribution in [2.24, 2.45) is 7.05 Å². The largest absolute Gasteiger partial charge is 0.323 e. The highest BCUT2D eigenvalue weighted by molar-refractivity contribution is 6.31. The summed E-state index contributed by atoms with van der Waals surface area (Å²) in [5.41, 5.74) is 3.01. The number of nitrogens with one attached hydrogen (secondary N) is 1. The molecule has 0 aliphatic carbocycles. The Bertz CT molecular complexity index is 840. The van der Waals surface area contributed by atoms with Crippen molar-refractivity contribution in [1.82, 2.24) is 9.78 Å². The Labute approximate surface area is 151 Å². The Morgan fingerprint density at radius 2 is 2.04 bits per heavy atom. The fraction of sp³-hybridized carbons (Fsp3) is 0.278. The van der Waals surface area contributed by atoms with Gasteiger partial charge in [-0.05, 0) is 43.7 Å². The number of hydrogen-bond donors (Lipinski definition) is 1. The van der Waals surface area contributed by atoms with Gasteiger partial charge in [-0.3, -0.25) is 14.3 Å². The predicted octanol–water partition coefficient (Wildman–Crippen LogP) is 3.16. The molecule has 0 bridgehead atoms. The van der Waals surface area contributed by atoms with Crippen LogP contribution in [0.1, 0.15) is 24.1 Å². The van der Waals surface area contributed by atoms with Gasteiger partial charge in [0.2, 0.25) is 11.8 Å². The summed E-state index contributed by atoms with van der Waals surface area (Å²) in [6.07, 6.45) is 4.56. The number of carbonyl (C=O) groups is 2. The average molecular weight is 359 g/mol. The molecule has 0 unspecified atom stereocenters. The molecule has 0 saturated carbocycles. The van der Waals surface area contributed by atoms with Crippen LogP contribution in [0, 0.1) is 6.92 Å². The SMILES string of the molecule is Cc1nn(C)c(Cl)c1/C=C/C(=O)Nc1ccc(N2CCCC2=O)cc1. The number of amides is 2. The van der Waals surface area contributed by atoms with Crippen molar-refractivity contribution in [1.29, 1.82) is 0 Å². The minimum atomic E-state index is -0.260. The lowest BCUT2D eigenvalue weighted by molar-refractivity contribution is -0.117. The van der Waals surface area contributed by atoms with Crippen LogP contribution in [0.15, 0.2) is 30.3 Å². The first kappa shape index (κ1) is 17.2. The maximum atomic E-state index is 12.1. The number of hydrogen-bond acceptors (Lipinski definition) is 3. The Kier molecular flexibility index (Phi) is 4.90. The molecule has 7 heteroatoms. The Morgan fingerprint density at radius 3 is 2.60 bits per heavy atom. The first-order valence-electron chi connectivity index (χ1n) is 8.04. The van der Waals surface area contributed by atoms with Crippen molar-refractivity contribution in [3.8, 4) is 0 Å². The molecule has 3 rings (SSSR count). The smallest absolute Gasteiger partial charge is 0.248 e. The highest BCUT2D eigenvalue weighted by Gasteiger charge is 2.21. The standard InChI is InChI=1S/C18H19ClN4O2/c1-12-15(18(19)22(2)21-12)9-10-16(24)20-13-5-7-14(8-6-13)23-11-3-4-17(23)25/h5-10H,3-4,11H2,1-2H3,(H,20,24)/b10-9+. The molecule has 2 amide bonds. The first-order valence-corrected chi connectivity index (χ1v) is 8.42. The molecular formula is C18H19ClN4O2. The summed E-state index contributed by atoms with van der Waals surface area (Å²) in [4.78, 5) is 25.6. The lowest BCUT2D eigenvalue weighted by Gasteiger charge is -2.15. The van der Waals surface area contributed by atoms with E-state index in [1.165, 1.54) is 6.08 Å². The molecule has 1 saturated heterocycles. The second-order valence-corrected chi connectivity index (χ2v) is 6.29. The van der Waals surface area contributed by atoms with Crippen LogP contribution in [0.4, 0.5) is 11.4 Å². The van der Waals surface area contributed by atoms with Gasteiger partial charge in [0.25, 0.3) is 0 Å². The molecule has 0 atom stereocenters. The van der Waals surface area contributed by atoms with Crippen molar-refractivity contribution in [2.45, 2.75) is 19.8 Å². The van der Waals surface area contributed by atoms with Crippen LogP contribution < -0.4 is 10.2 Å². The zero-order valence-electron chi connectivity index (χ0n) is 14.1. The van der Waals surface area contributed by atoms with Crippen LogP contribution in [0.3, 0.4) is 0 Å². The van der Waals surface area contributed by atoms with E-state index < -0.39 is 0 Å². The first-order chi connectivity index (χ1) is 12.0. The van der Waals surface area contributed by atoms with Crippen LogP contribution in [0.25, 0.3) is 6.08 Å². The van der Waals surface area contributed by atoms with E-state index in [2.05, 4.69) is 10.4 Å². The number of benzene rings is 1. The molecule has 6 nitrogen and oxygen atoms in total. The summed E-state index contributed by atoms with van der Waals surface area (Å²) in [5.74, 6) is -0.118. The Morgan fingerprint density at radius 1 is 1.32 bits per heavy atom. The number of aryl methyl sites for hydroxylation is 2. The van der Waals surface area contributed by atoms with E-state index in [0.717, 1.165) is 29.9 Å². The topological polar surface area (TPSA) is 67.2 Å². The zero-order chi connectivity index (χ0) is 18.0. The molecule has 2 aromatic rings. The van der Waals surface area contributed by atoms with Gasteiger partial charge in [0.1, 0.15) is 5.15 Å². The summed E-state index contributed by atoms with van der Waals surface area (Å²) in [5, 5.41) is 7.47. The van der Waals surface area contributed by atoms with E-state index in [1.54, 1.807) is 34.8 Å². The third kappa shape index (κ3) is 3.74. The molecule has 0 spiro atoms. The number of rotatable bonds is 4. The molecule has 2 heterocycles. The van der Waals surface area contributed by atoms with E-state index in [0.29, 0.717) is 17.3 Å². The van der Waals surface area contributed by atoms with Crippen LogP contribution in [0.5, 0.6) is 0 Å². The number of nitrogens with zero attached hydrogens (tertiary/aromatic N) is 3. The minimum absolute atomic E-state index is 0.142. The third-order valence-corrected chi connectivity index (χ3v) is 4.57. The number of halogens is 1. The number of carbonyl (C=O) groups excluding carboxylic acids is 2. The van der Waals surface area contributed by atoms with Gasteiger partial charge in [-0.2, -0.15) is 5.10 Å². The zero-order valence-corrected chi connectivity index (χ0v) is 14.9. The van der Waals surface area contributed by atoms with E-state index in [-0.39, 0.29) is 11.8 Å². The van der Waals surface area contributed by atoms with Crippen molar-refractivity contribution < 1.29 is 9.59 Å². The molecule has 1 aromatic carbocycles. The van der Waals surface area contributed by atoms with Crippen molar-refractivity contribution in [3.05, 3.63) is 46.8 Å². The molecule has 1 N–H and O–H groups in total. The molecule has 1 fully saturated rings. The fourth-order valence-corrected chi connectivity index (χ4v) is 3.06. The normalized spacial score (nSPS) is 14.5. The van der Waals surface area contributed by atoms with Gasteiger partial charge in [0.15, 0.2) is 0 Å². The van der Waals surface area contributed by atoms with Gasteiger partial charge < -0.3 is 10.2 Å². The van der Waals surface area contributed by atoms with E-state index >= 15 is 0 Å². The maximum absolute atomic E-state index is 12.1. The monoisotopic (exact) mass is 358 g/mol. The summed E-state index contributed by atoms with van der Waals surface area (Å²) in [6, 6.07) is 7.25. The second-order valence-electron chi connectivity index (χ2n) is 5.93. The van der Waals surface area contributed by atoms with Crippen LogP contribution >= 0.6 is 11.6 Å². The Balaban J connectivity index is 1.65. The lowest BCUT2D eigenvalue weighted by atomic mass is 10.2. The molecule has 130 valence electrons.